The smallest absolute Gasteiger partial charge is 0.416 e. The number of ether oxygens (including phenoxy) is 1. The second-order valence-corrected chi connectivity index (χ2v) is 9.87. The van der Waals surface area contributed by atoms with Gasteiger partial charge in [0, 0.05) is 0 Å². The van der Waals surface area contributed by atoms with Crippen LogP contribution in [0.3, 0.4) is 0 Å². The maximum atomic E-state index is 13.1. The van der Waals surface area contributed by atoms with Gasteiger partial charge in [-0.1, -0.05) is 29.8 Å². The van der Waals surface area contributed by atoms with Crippen molar-refractivity contribution in [1.82, 2.24) is 5.43 Å². The van der Waals surface area contributed by atoms with Crippen molar-refractivity contribution < 1.29 is 35.9 Å². The van der Waals surface area contributed by atoms with Crippen molar-refractivity contribution in [2.45, 2.75) is 6.18 Å². The Hall–Kier alpha value is -3.90. The van der Waals surface area contributed by atoms with Crippen LogP contribution < -0.4 is 14.5 Å². The Kier molecular flexibility index (Phi) is 8.56. The normalized spacial score (nSPS) is 11.8. The minimum Gasteiger partial charge on any atom is -0.423 e. The summed E-state index contributed by atoms with van der Waals surface area (Å²) in [5.74, 6) is -1.19. The van der Waals surface area contributed by atoms with Crippen LogP contribution in [-0.2, 0) is 21.0 Å². The van der Waals surface area contributed by atoms with E-state index in [-0.39, 0.29) is 10.8 Å². The van der Waals surface area contributed by atoms with E-state index in [1.807, 2.05) is 0 Å². The molecule has 37 heavy (non-hydrogen) atoms. The van der Waals surface area contributed by atoms with E-state index in [1.165, 1.54) is 18.3 Å². The van der Waals surface area contributed by atoms with Gasteiger partial charge in [-0.25, -0.2) is 18.6 Å². The number of esters is 1. The van der Waals surface area contributed by atoms with Gasteiger partial charge in [0.2, 0.25) is 10.0 Å². The summed E-state index contributed by atoms with van der Waals surface area (Å²) in [6.07, 6.45) is -2.78. The van der Waals surface area contributed by atoms with Crippen molar-refractivity contribution >= 4 is 45.4 Å². The van der Waals surface area contributed by atoms with Crippen molar-refractivity contribution in [3.63, 3.8) is 0 Å². The van der Waals surface area contributed by atoms with E-state index in [4.69, 9.17) is 16.3 Å². The van der Waals surface area contributed by atoms with Gasteiger partial charge in [-0.2, -0.15) is 18.3 Å². The first-order valence-corrected chi connectivity index (χ1v) is 12.6. The van der Waals surface area contributed by atoms with Crippen molar-refractivity contribution in [3.05, 3.63) is 94.5 Å². The van der Waals surface area contributed by atoms with Crippen molar-refractivity contribution in [3.8, 4) is 5.75 Å². The second kappa shape index (κ2) is 11.4. The fourth-order valence-corrected chi connectivity index (χ4v) is 4.10. The van der Waals surface area contributed by atoms with Crippen molar-refractivity contribution in [2.24, 2.45) is 5.10 Å². The van der Waals surface area contributed by atoms with E-state index in [9.17, 15) is 31.2 Å². The number of alkyl halides is 3. The Morgan fingerprint density at radius 1 is 1.05 bits per heavy atom. The Morgan fingerprint density at radius 3 is 2.30 bits per heavy atom. The van der Waals surface area contributed by atoms with E-state index < -0.39 is 45.9 Å². The van der Waals surface area contributed by atoms with Crippen LogP contribution in [0.1, 0.15) is 21.5 Å². The summed E-state index contributed by atoms with van der Waals surface area (Å²) in [5.41, 5.74) is 1.36. The lowest BCUT2D eigenvalue weighted by Crippen LogP contribution is -2.39. The average Bonchev–Trinajstić information content (AvgIpc) is 2.83. The lowest BCUT2D eigenvalue weighted by Gasteiger charge is -2.23. The van der Waals surface area contributed by atoms with Crippen molar-refractivity contribution in [2.75, 3.05) is 17.1 Å². The summed E-state index contributed by atoms with van der Waals surface area (Å²) in [4.78, 5) is 24.4. The number of sulfonamides is 1. The SMILES string of the molecule is CS(=O)(=O)N(CC(=O)N/N=C\c1ccc(OC(=O)c2ccccc2)cc1)c1cc(C(F)(F)F)ccc1Cl. The maximum Gasteiger partial charge on any atom is 0.416 e. The van der Waals surface area contributed by atoms with Crippen LogP contribution in [0.2, 0.25) is 5.02 Å². The zero-order chi connectivity index (χ0) is 27.2. The van der Waals surface area contributed by atoms with Gasteiger partial charge in [-0.15, -0.1) is 0 Å². The minimum absolute atomic E-state index is 0.275. The molecule has 0 bridgehead atoms. The number of hydrazone groups is 1. The Morgan fingerprint density at radius 2 is 1.70 bits per heavy atom. The molecule has 8 nitrogen and oxygen atoms in total. The second-order valence-electron chi connectivity index (χ2n) is 7.55. The standard InChI is InChI=1S/C24H19ClF3N3O5S/c1-37(34,35)31(21-13-18(24(26,27)28)9-12-20(21)25)15-22(32)30-29-14-16-7-10-19(11-8-16)36-23(33)17-5-3-2-4-6-17/h2-14H,15H2,1H3,(H,30,32)/b29-14-. The van der Waals surface area contributed by atoms with Crippen LogP contribution in [0.5, 0.6) is 5.75 Å². The van der Waals surface area contributed by atoms with Gasteiger partial charge in [-0.3, -0.25) is 9.10 Å². The number of nitrogens with one attached hydrogen (secondary N) is 1. The number of hydrogen-bond acceptors (Lipinski definition) is 6. The molecule has 1 N–H and O–H groups in total. The Bertz CT molecular complexity index is 1410. The predicted molar refractivity (Wildman–Crippen MR) is 132 cm³/mol. The Balaban J connectivity index is 1.65. The fraction of sp³-hybridized carbons (Fsp3) is 0.125. The number of anilines is 1. The maximum absolute atomic E-state index is 13.1. The molecule has 0 atom stereocenters. The van der Waals surface area contributed by atoms with Gasteiger partial charge in [0.1, 0.15) is 12.3 Å². The van der Waals surface area contributed by atoms with E-state index in [1.54, 1.807) is 42.5 Å². The number of amides is 1. The molecule has 13 heteroatoms. The quantitative estimate of drug-likeness (QED) is 0.191. The Labute approximate surface area is 215 Å². The fourth-order valence-electron chi connectivity index (χ4n) is 2.97. The third kappa shape index (κ3) is 7.79. The third-order valence-corrected chi connectivity index (χ3v) is 6.18. The molecule has 0 aliphatic heterocycles. The highest BCUT2D eigenvalue weighted by Gasteiger charge is 2.33. The molecule has 0 saturated carbocycles. The highest BCUT2D eigenvalue weighted by Crippen LogP contribution is 2.36. The summed E-state index contributed by atoms with van der Waals surface area (Å²) in [6.45, 7) is -0.869. The first-order chi connectivity index (χ1) is 17.3. The number of benzene rings is 3. The molecule has 0 aliphatic rings. The molecule has 1 amide bonds. The molecular formula is C24H19ClF3N3O5S. The molecule has 0 unspecified atom stereocenters. The summed E-state index contributed by atoms with van der Waals surface area (Å²) in [5, 5.41) is 3.43. The van der Waals surface area contributed by atoms with Crippen LogP contribution in [0.4, 0.5) is 18.9 Å². The zero-order valence-electron chi connectivity index (χ0n) is 19.1. The van der Waals surface area contributed by atoms with E-state index in [2.05, 4.69) is 10.5 Å². The lowest BCUT2D eigenvalue weighted by molar-refractivity contribution is -0.137. The van der Waals surface area contributed by atoms with E-state index in [0.29, 0.717) is 27.6 Å². The third-order valence-electron chi connectivity index (χ3n) is 4.73. The highest BCUT2D eigenvalue weighted by molar-refractivity contribution is 7.92. The number of rotatable bonds is 8. The van der Waals surface area contributed by atoms with E-state index >= 15 is 0 Å². The number of hydrogen-bond donors (Lipinski definition) is 1. The molecule has 3 aromatic rings. The largest absolute Gasteiger partial charge is 0.423 e. The summed E-state index contributed by atoms with van der Waals surface area (Å²) in [7, 11) is -4.18. The molecule has 0 saturated heterocycles. The summed E-state index contributed by atoms with van der Waals surface area (Å²) < 4.78 is 69.4. The zero-order valence-corrected chi connectivity index (χ0v) is 20.6. The lowest BCUT2D eigenvalue weighted by atomic mass is 10.2. The minimum atomic E-state index is -4.75. The van der Waals surface area contributed by atoms with Gasteiger partial charge >= 0.3 is 12.1 Å². The van der Waals surface area contributed by atoms with Crippen LogP contribution in [0.15, 0.2) is 77.9 Å². The van der Waals surface area contributed by atoms with Gasteiger partial charge in [0.25, 0.3) is 5.91 Å². The summed E-state index contributed by atoms with van der Waals surface area (Å²) >= 11 is 5.93. The molecule has 3 aromatic carbocycles. The van der Waals surface area contributed by atoms with Crippen LogP contribution in [0.25, 0.3) is 0 Å². The first-order valence-electron chi connectivity index (χ1n) is 10.4. The molecule has 0 radical (unpaired) electrons. The number of nitrogens with zero attached hydrogens (tertiary/aromatic N) is 2. The van der Waals surface area contributed by atoms with Gasteiger partial charge in [-0.05, 0) is 60.2 Å². The number of halogens is 4. The summed E-state index contributed by atoms with van der Waals surface area (Å²) in [6, 6.07) is 16.6. The molecule has 0 spiro atoms. The van der Waals surface area contributed by atoms with Crippen LogP contribution in [-0.4, -0.2) is 39.3 Å². The highest BCUT2D eigenvalue weighted by atomic mass is 35.5. The molecule has 0 aromatic heterocycles. The monoisotopic (exact) mass is 553 g/mol. The first kappa shape index (κ1) is 27.7. The number of carbonyl (C=O) groups excluding carboxylic acids is 2. The van der Waals surface area contributed by atoms with Crippen LogP contribution >= 0.6 is 11.6 Å². The number of carbonyl (C=O) groups is 2. The molecule has 0 heterocycles. The molecule has 194 valence electrons. The topological polar surface area (TPSA) is 105 Å². The van der Waals surface area contributed by atoms with E-state index in [0.717, 1.165) is 12.3 Å². The molecule has 0 aliphatic carbocycles. The molecular weight excluding hydrogens is 535 g/mol. The van der Waals surface area contributed by atoms with Gasteiger partial charge in [0.05, 0.1) is 34.3 Å². The van der Waals surface area contributed by atoms with Crippen LogP contribution in [0, 0.1) is 0 Å². The molecule has 0 fully saturated rings. The average molecular weight is 554 g/mol. The van der Waals surface area contributed by atoms with Gasteiger partial charge < -0.3 is 4.74 Å². The van der Waals surface area contributed by atoms with Crippen molar-refractivity contribution in [1.29, 1.82) is 0 Å². The molecule has 3 rings (SSSR count). The predicted octanol–water partition coefficient (Wildman–Crippen LogP) is 4.49. The van der Waals surface area contributed by atoms with Gasteiger partial charge in [0.15, 0.2) is 0 Å².